The monoisotopic (exact) mass is 1610 g/mol. The van der Waals surface area contributed by atoms with E-state index in [1.807, 2.05) is 97.3 Å². The molecule has 0 radical (unpaired) electrons. The molecule has 8 aromatic heterocycles. The fourth-order valence-electron chi connectivity index (χ4n) is 16.3. The number of pyridine rings is 2. The van der Waals surface area contributed by atoms with Gasteiger partial charge in [-0.25, -0.2) is 23.1 Å². The molecule has 0 saturated heterocycles. The minimum absolute atomic E-state index is 0.0807. The van der Waals surface area contributed by atoms with Crippen LogP contribution in [0.2, 0.25) is 0 Å². The van der Waals surface area contributed by atoms with Gasteiger partial charge in [-0.2, -0.15) is 5.10 Å². The van der Waals surface area contributed by atoms with E-state index in [0.29, 0.717) is 65.6 Å². The molecule has 1 amide bonds. The molecule has 17 rings (SSSR count). The maximum absolute atomic E-state index is 12.9. The smallest absolute Gasteiger partial charge is 0.267 e. The molecule has 4 N–H and O–H groups in total. The largest absolute Gasteiger partial charge is 0.368 e. The molecule has 11 aromatic rings. The molecule has 0 saturated carbocycles. The van der Waals surface area contributed by atoms with Gasteiger partial charge < -0.3 is 29.3 Å². The number of amides is 1. The van der Waals surface area contributed by atoms with Crippen LogP contribution in [-0.4, -0.2) is 77.1 Å². The number of carbonyl (C=O) groups excluding carboxylic acids is 1. The van der Waals surface area contributed by atoms with Crippen molar-refractivity contribution >= 4 is 61.3 Å². The zero-order chi connectivity index (χ0) is 86.4. The Morgan fingerprint density at radius 2 is 1.19 bits per heavy atom. The van der Waals surface area contributed by atoms with Gasteiger partial charge in [0.15, 0.2) is 0 Å². The predicted octanol–water partition coefficient (Wildman–Crippen LogP) is 23.4. The number of carbonyl (C=O) groups is 1. The first kappa shape index (κ1) is 91.3. The van der Waals surface area contributed by atoms with Crippen LogP contribution in [0.25, 0.3) is 49.4 Å². The lowest BCUT2D eigenvalue weighted by molar-refractivity contribution is -0.127. The topological polar surface area (TPSA) is 188 Å². The number of alkyl halides is 2. The first-order valence-electron chi connectivity index (χ1n) is 42.4. The van der Waals surface area contributed by atoms with Crippen LogP contribution in [0.3, 0.4) is 0 Å². The number of anilines is 1. The average molecular weight is 1610 g/mol. The molecular weight excluding hydrogens is 1480 g/mol. The van der Waals surface area contributed by atoms with Gasteiger partial charge in [-0.1, -0.05) is 130 Å². The Morgan fingerprint density at radius 3 is 1.78 bits per heavy atom. The summed E-state index contributed by atoms with van der Waals surface area (Å²) in [6, 6.07) is 28.0. The summed E-state index contributed by atoms with van der Waals surface area (Å²) in [5.74, 6) is 3.62. The average Bonchev–Trinajstić information content (AvgIpc) is 1.62. The van der Waals surface area contributed by atoms with Gasteiger partial charge in [-0.3, -0.25) is 33.8 Å². The quantitative estimate of drug-likeness (QED) is 0.113. The van der Waals surface area contributed by atoms with Crippen molar-refractivity contribution in [2.45, 2.75) is 246 Å². The van der Waals surface area contributed by atoms with E-state index in [2.05, 4.69) is 232 Å². The van der Waals surface area contributed by atoms with E-state index in [9.17, 15) is 27.6 Å². The van der Waals surface area contributed by atoms with E-state index in [0.717, 1.165) is 95.0 Å². The number of nitrogens with zero attached hydrogens (tertiary/aromatic N) is 10. The number of para-hydroxylation sites is 1. The summed E-state index contributed by atoms with van der Waals surface area (Å²) in [7, 11) is 3.71. The normalized spacial score (nSPS) is 15.3. The number of H-pyrrole nitrogens is 2. The Bertz CT molecular complexity index is 5550. The Balaban J connectivity index is 0.000000152. The number of nitrogens with two attached hydrogens (primary N) is 1. The molecule has 9 heterocycles. The molecule has 5 aliphatic carbocycles. The molecule has 3 aromatic carbocycles. The van der Waals surface area contributed by atoms with Gasteiger partial charge in [-0.05, 0) is 290 Å². The lowest BCUT2D eigenvalue weighted by atomic mass is 9.89. The molecule has 0 spiro atoms. The number of halogens is 3. The summed E-state index contributed by atoms with van der Waals surface area (Å²) in [5, 5.41) is 10.7. The van der Waals surface area contributed by atoms with E-state index >= 15 is 0 Å². The van der Waals surface area contributed by atoms with Crippen LogP contribution >= 0.6 is 0 Å². The van der Waals surface area contributed by atoms with Crippen molar-refractivity contribution in [3.8, 4) is 0 Å². The van der Waals surface area contributed by atoms with Crippen LogP contribution in [0.4, 0.5) is 19.1 Å². The number of nitrogens with one attached hydrogen (secondary N) is 2. The molecule has 2 atom stereocenters. The van der Waals surface area contributed by atoms with E-state index < -0.39 is 6.43 Å². The highest BCUT2D eigenvalue weighted by molar-refractivity contribution is 5.89. The maximum atomic E-state index is 12.9. The second-order valence-electron chi connectivity index (χ2n) is 34.6. The lowest BCUT2D eigenvalue weighted by Gasteiger charge is -2.34. The number of aryl methyl sites for hydroxylation is 3. The van der Waals surface area contributed by atoms with Crippen LogP contribution < -0.4 is 16.9 Å². The molecule has 6 aliphatic rings. The van der Waals surface area contributed by atoms with Crippen molar-refractivity contribution in [2.75, 3.05) is 12.8 Å². The number of benzene rings is 3. The van der Waals surface area contributed by atoms with Crippen molar-refractivity contribution in [2.24, 2.45) is 36.6 Å². The highest BCUT2D eigenvalue weighted by Gasteiger charge is 2.37. The number of aromatic nitrogens is 11. The maximum Gasteiger partial charge on any atom is 0.267 e. The van der Waals surface area contributed by atoms with Crippen LogP contribution in [0.1, 0.15) is 259 Å². The third-order valence-corrected chi connectivity index (χ3v) is 23.0. The highest BCUT2D eigenvalue weighted by Crippen LogP contribution is 2.38. The van der Waals surface area contributed by atoms with Gasteiger partial charge in [0.25, 0.3) is 17.5 Å². The Hall–Kier alpha value is -10.6. The number of rotatable bonds is 10. The highest BCUT2D eigenvalue weighted by atomic mass is 19.3. The van der Waals surface area contributed by atoms with Crippen LogP contribution in [0.15, 0.2) is 174 Å². The number of likely N-dealkylation sites (N-methyl/N-ethyl adjacent to an activating group) is 1. The summed E-state index contributed by atoms with van der Waals surface area (Å²) < 4.78 is 47.8. The van der Waals surface area contributed by atoms with Crippen molar-refractivity contribution < 1.29 is 18.0 Å². The minimum atomic E-state index is -2.40. The molecule has 118 heavy (non-hydrogen) atoms. The second kappa shape index (κ2) is 40.7. The summed E-state index contributed by atoms with van der Waals surface area (Å²) >= 11 is 0. The van der Waals surface area contributed by atoms with Gasteiger partial charge in [0.05, 0.1) is 22.9 Å². The Kier molecular flexibility index (Phi) is 31.5. The minimum Gasteiger partial charge on any atom is -0.368 e. The second-order valence-corrected chi connectivity index (χ2v) is 34.6. The van der Waals surface area contributed by atoms with Crippen molar-refractivity contribution in [3.63, 3.8) is 0 Å². The number of aromatic amines is 2. The summed E-state index contributed by atoms with van der Waals surface area (Å²) in [6.07, 6.45) is 30.7. The van der Waals surface area contributed by atoms with Gasteiger partial charge in [0.1, 0.15) is 5.82 Å². The lowest BCUT2D eigenvalue weighted by Crippen LogP contribution is -2.43. The van der Waals surface area contributed by atoms with Gasteiger partial charge >= 0.3 is 0 Å². The number of hydrogen-bond donors (Lipinski definition) is 3. The first-order chi connectivity index (χ1) is 55.9. The van der Waals surface area contributed by atoms with Crippen molar-refractivity contribution in [3.05, 3.63) is 269 Å². The zero-order valence-corrected chi connectivity index (χ0v) is 74.5. The third kappa shape index (κ3) is 22.2. The number of fused-ring (bicyclic) bond motifs is 8. The Morgan fingerprint density at radius 1 is 0.585 bits per heavy atom. The van der Waals surface area contributed by atoms with E-state index in [-0.39, 0.29) is 34.4 Å². The third-order valence-electron chi connectivity index (χ3n) is 23.0. The SMILES string of the molecule is CC(C)C1=CCC2C=CC(=O)N(C)C12.CC(C)C1=CCc2cn(C)c(=O)cc21.CC(C)C1=CCc2cnc(N)nc21.CC(C)c1cccc2cc[nH]c12.CC(C)n1[nH]c(=O)c2c1CCCC2.CC(C)n1ccc2ccc(C(F)F)cc21.CC(C)n1ccc2ccc(F)cc21.Cc1cc2c(cn1)C(C(C)C)=CC2.Cc1nn(C(C)C)c(C)c1C. The van der Waals surface area contributed by atoms with Gasteiger partial charge in [-0.15, -0.1) is 0 Å². The van der Waals surface area contributed by atoms with Crippen LogP contribution in [0, 0.1) is 63.1 Å². The summed E-state index contributed by atoms with van der Waals surface area (Å²) in [4.78, 5) is 52.2. The van der Waals surface area contributed by atoms with Crippen LogP contribution in [-0.2, 0) is 43.9 Å². The fourth-order valence-corrected chi connectivity index (χ4v) is 16.3. The van der Waals surface area contributed by atoms with E-state index in [4.69, 9.17) is 5.73 Å². The number of allylic oxidation sites excluding steroid dienone is 7. The molecule has 0 bridgehead atoms. The molecule has 19 heteroatoms. The standard InChI is InChI=1S/C12H13F2N.C12H17NO.C12H15NO.C12H15N.C11H12FN.C11H13N.C10H13N3.C10H16N2O.C9H16N2/c1-8(2)15-6-5-9-3-4-10(12(13)14)7-11(9)15;1-8(2)10-6-4-9-5-7-11(14)13(3)12(9)10;1-8(2)10-5-4-9-7-13(3)12(14)6-11(9)10;1-8(2)11-5-4-10-6-9(3)13-7-12(10)11;1-8(2)13-6-5-9-3-4-10(12)7-11(9)13;1-8(2)10-5-3-4-9-6-7-12-11(9)10;1-6(2)8-4-3-7-5-12-10(11)13-9(7)8;1-7(2)12-9-6-4-3-5-8(9)10(13)11-12;1-6(2)11-9(5)7(3)8(4)10-11/h3-8,12H,1-2H3;5-9,12H,4H2,1-3H3;5-8H,4H2,1-3H3;5-8H,4H2,1-3H3;3-8H,1-2H3;3-8,12H,1-2H3;4-6H,3H2,1-2H3,(H2,11,12,13);7H,3-6H2,1-2H3,(H,11,13);6H,1-5H3. The predicted molar refractivity (Wildman–Crippen MR) is 484 cm³/mol. The van der Waals surface area contributed by atoms with Gasteiger partial charge in [0.2, 0.25) is 11.9 Å². The van der Waals surface area contributed by atoms with E-state index in [1.165, 1.54) is 96.5 Å². The molecule has 630 valence electrons. The molecule has 1 aliphatic heterocycles. The molecule has 0 fully saturated rings. The summed E-state index contributed by atoms with van der Waals surface area (Å²) in [5.41, 5.74) is 30.5. The fraction of sp³-hybridized carbons (Fsp3) is 0.444. The zero-order valence-electron chi connectivity index (χ0n) is 74.5. The summed E-state index contributed by atoms with van der Waals surface area (Å²) in [6.45, 7) is 47.1. The first-order valence-corrected chi connectivity index (χ1v) is 42.4. The van der Waals surface area contributed by atoms with Crippen molar-refractivity contribution in [1.29, 1.82) is 0 Å². The number of nitrogen functional groups attached to an aromatic ring is 1. The van der Waals surface area contributed by atoms with Gasteiger partial charge in [0, 0.05) is 132 Å². The number of hydrogen-bond acceptors (Lipinski definition) is 8. The molecule has 2 unspecified atom stereocenters. The van der Waals surface area contributed by atoms with Crippen molar-refractivity contribution in [1.82, 2.24) is 58.1 Å². The molecule has 16 nitrogen and oxygen atoms in total. The van der Waals surface area contributed by atoms with E-state index in [1.54, 1.807) is 42.0 Å². The van der Waals surface area contributed by atoms with Crippen LogP contribution in [0.5, 0.6) is 0 Å². The Labute approximate surface area is 698 Å². The molecular formula is C99H130F3N13O3.